The molecular weight excluding hydrogens is 338 g/mol. The third-order valence-electron chi connectivity index (χ3n) is 3.40. The van der Waals surface area contributed by atoms with E-state index in [9.17, 15) is 13.6 Å². The number of hydrogen-bond donors (Lipinski definition) is 2. The second-order valence-corrected chi connectivity index (χ2v) is 7.42. The van der Waals surface area contributed by atoms with E-state index >= 15 is 0 Å². The van der Waals surface area contributed by atoms with Gasteiger partial charge in [-0.1, -0.05) is 25.4 Å². The van der Waals surface area contributed by atoms with Gasteiger partial charge in [-0.3, -0.25) is 0 Å². The second-order valence-electron chi connectivity index (χ2n) is 7.01. The lowest BCUT2D eigenvalue weighted by atomic mass is 9.95. The number of halogens is 3. The standard InChI is InChI=1S/C17H25ClF2N2O2/c1-10(2)11(9-22-16(23)24-17(3,4)5)8-21-15-13(18)6-12(19)7-14(15)20/h6-7,10-11,21H,8-9H2,1-5H3,(H,22,23). The number of rotatable bonds is 6. The quantitative estimate of drug-likeness (QED) is 0.762. The zero-order valence-corrected chi connectivity index (χ0v) is 15.4. The van der Waals surface area contributed by atoms with Gasteiger partial charge < -0.3 is 15.4 Å². The Morgan fingerprint density at radius 1 is 1.25 bits per heavy atom. The fraction of sp³-hybridized carbons (Fsp3) is 0.588. The number of hydrogen-bond acceptors (Lipinski definition) is 3. The van der Waals surface area contributed by atoms with Crippen LogP contribution in [0.4, 0.5) is 19.3 Å². The maximum Gasteiger partial charge on any atom is 0.407 e. The summed E-state index contributed by atoms with van der Waals surface area (Å²) in [5.74, 6) is -1.24. The Morgan fingerprint density at radius 3 is 2.38 bits per heavy atom. The smallest absolute Gasteiger partial charge is 0.407 e. The minimum atomic E-state index is -0.748. The van der Waals surface area contributed by atoms with Gasteiger partial charge in [0, 0.05) is 19.2 Å². The maximum absolute atomic E-state index is 13.8. The van der Waals surface area contributed by atoms with Crippen LogP contribution in [-0.4, -0.2) is 24.8 Å². The summed E-state index contributed by atoms with van der Waals surface area (Å²) in [4.78, 5) is 11.7. The zero-order chi connectivity index (χ0) is 18.5. The van der Waals surface area contributed by atoms with Crippen molar-refractivity contribution in [3.63, 3.8) is 0 Å². The van der Waals surface area contributed by atoms with Crippen molar-refractivity contribution in [1.82, 2.24) is 5.32 Å². The molecule has 0 aromatic heterocycles. The van der Waals surface area contributed by atoms with Gasteiger partial charge >= 0.3 is 6.09 Å². The van der Waals surface area contributed by atoms with Gasteiger partial charge in [0.15, 0.2) is 5.82 Å². The van der Waals surface area contributed by atoms with Crippen molar-refractivity contribution in [3.05, 3.63) is 28.8 Å². The summed E-state index contributed by atoms with van der Waals surface area (Å²) < 4.78 is 32.0. The topological polar surface area (TPSA) is 50.4 Å². The van der Waals surface area contributed by atoms with Crippen LogP contribution in [0, 0.1) is 23.5 Å². The molecule has 0 heterocycles. The van der Waals surface area contributed by atoms with Crippen LogP contribution in [0.3, 0.4) is 0 Å². The van der Waals surface area contributed by atoms with Crippen molar-refractivity contribution in [1.29, 1.82) is 0 Å². The van der Waals surface area contributed by atoms with Crippen LogP contribution < -0.4 is 10.6 Å². The van der Waals surface area contributed by atoms with Crippen molar-refractivity contribution >= 4 is 23.4 Å². The number of carbonyl (C=O) groups is 1. The lowest BCUT2D eigenvalue weighted by Crippen LogP contribution is -2.38. The van der Waals surface area contributed by atoms with Gasteiger partial charge in [0.2, 0.25) is 0 Å². The SMILES string of the molecule is CC(C)C(CNC(=O)OC(C)(C)C)CNc1c(F)cc(F)cc1Cl. The number of amides is 1. The van der Waals surface area contributed by atoms with Crippen LogP contribution in [0.25, 0.3) is 0 Å². The van der Waals surface area contributed by atoms with E-state index < -0.39 is 23.3 Å². The van der Waals surface area contributed by atoms with Crippen LogP contribution in [0.5, 0.6) is 0 Å². The van der Waals surface area contributed by atoms with Crippen molar-refractivity contribution in [2.24, 2.45) is 11.8 Å². The minimum Gasteiger partial charge on any atom is -0.444 e. The largest absolute Gasteiger partial charge is 0.444 e. The normalized spacial score (nSPS) is 12.9. The van der Waals surface area contributed by atoms with Gasteiger partial charge in [-0.2, -0.15) is 0 Å². The molecule has 1 amide bonds. The number of ether oxygens (including phenoxy) is 1. The number of benzene rings is 1. The third-order valence-corrected chi connectivity index (χ3v) is 3.70. The van der Waals surface area contributed by atoms with E-state index in [0.29, 0.717) is 13.1 Å². The van der Waals surface area contributed by atoms with Crippen LogP contribution in [0.1, 0.15) is 34.6 Å². The molecule has 24 heavy (non-hydrogen) atoms. The Hall–Kier alpha value is -1.56. The number of carbonyl (C=O) groups excluding carboxylic acids is 1. The van der Waals surface area contributed by atoms with Crippen LogP contribution in [-0.2, 0) is 4.74 Å². The van der Waals surface area contributed by atoms with E-state index in [1.54, 1.807) is 20.8 Å². The lowest BCUT2D eigenvalue weighted by Gasteiger charge is -2.24. The molecule has 0 aliphatic heterocycles. The highest BCUT2D eigenvalue weighted by Crippen LogP contribution is 2.27. The summed E-state index contributed by atoms with van der Waals surface area (Å²) in [7, 11) is 0. The van der Waals surface area contributed by atoms with Crippen LogP contribution >= 0.6 is 11.6 Å². The Kier molecular flexibility index (Phi) is 7.27. The Labute approximate surface area is 146 Å². The van der Waals surface area contributed by atoms with E-state index in [0.717, 1.165) is 12.1 Å². The number of nitrogens with one attached hydrogen (secondary N) is 2. The molecule has 0 radical (unpaired) electrons. The molecule has 136 valence electrons. The molecule has 7 heteroatoms. The van der Waals surface area contributed by atoms with E-state index in [-0.39, 0.29) is 22.5 Å². The van der Waals surface area contributed by atoms with Crippen LogP contribution in [0.2, 0.25) is 5.02 Å². The highest BCUT2D eigenvalue weighted by atomic mass is 35.5. The monoisotopic (exact) mass is 362 g/mol. The molecule has 0 aliphatic rings. The predicted octanol–water partition coefficient (Wildman–Crippen LogP) is 4.83. The molecular formula is C17H25ClF2N2O2. The van der Waals surface area contributed by atoms with Gasteiger partial charge in [-0.05, 0) is 38.7 Å². The Balaban J connectivity index is 2.63. The molecule has 1 rings (SSSR count). The summed E-state index contributed by atoms with van der Waals surface area (Å²) in [5.41, 5.74) is -0.513. The first-order valence-electron chi connectivity index (χ1n) is 7.85. The van der Waals surface area contributed by atoms with Gasteiger partial charge in [-0.15, -0.1) is 0 Å². The minimum absolute atomic E-state index is 0.0121. The maximum atomic E-state index is 13.8. The molecule has 1 aromatic carbocycles. The summed E-state index contributed by atoms with van der Waals surface area (Å²) >= 11 is 5.87. The van der Waals surface area contributed by atoms with Crippen molar-refractivity contribution in [3.8, 4) is 0 Å². The summed E-state index contributed by atoms with van der Waals surface area (Å²) in [6, 6.07) is 1.83. The molecule has 2 N–H and O–H groups in total. The highest BCUT2D eigenvalue weighted by molar-refractivity contribution is 6.33. The van der Waals surface area contributed by atoms with Crippen molar-refractivity contribution < 1.29 is 18.3 Å². The third kappa shape index (κ3) is 6.91. The lowest BCUT2D eigenvalue weighted by molar-refractivity contribution is 0.0516. The van der Waals surface area contributed by atoms with Crippen molar-refractivity contribution in [2.45, 2.75) is 40.2 Å². The van der Waals surface area contributed by atoms with Gasteiger partial charge in [-0.25, -0.2) is 13.6 Å². The average Bonchev–Trinajstić information content (AvgIpc) is 2.38. The molecule has 1 atom stereocenters. The predicted molar refractivity (Wildman–Crippen MR) is 92.4 cm³/mol. The Morgan fingerprint density at radius 2 is 1.88 bits per heavy atom. The van der Waals surface area contributed by atoms with Gasteiger partial charge in [0.1, 0.15) is 11.4 Å². The highest BCUT2D eigenvalue weighted by Gasteiger charge is 2.20. The van der Waals surface area contributed by atoms with Crippen molar-refractivity contribution in [2.75, 3.05) is 18.4 Å². The van der Waals surface area contributed by atoms with Gasteiger partial charge in [0.25, 0.3) is 0 Å². The summed E-state index contributed by atoms with van der Waals surface area (Å²) in [6.07, 6.45) is -0.501. The van der Waals surface area contributed by atoms with Gasteiger partial charge in [0.05, 0.1) is 10.7 Å². The van der Waals surface area contributed by atoms with E-state index in [1.165, 1.54) is 0 Å². The molecule has 1 unspecified atom stereocenters. The van der Waals surface area contributed by atoms with E-state index in [1.807, 2.05) is 13.8 Å². The average molecular weight is 363 g/mol. The van der Waals surface area contributed by atoms with E-state index in [2.05, 4.69) is 10.6 Å². The van der Waals surface area contributed by atoms with E-state index in [4.69, 9.17) is 16.3 Å². The Bertz CT molecular complexity index is 551. The zero-order valence-electron chi connectivity index (χ0n) is 14.7. The molecule has 0 saturated heterocycles. The second kappa shape index (κ2) is 8.51. The molecule has 0 aliphatic carbocycles. The van der Waals surface area contributed by atoms with Crippen LogP contribution in [0.15, 0.2) is 12.1 Å². The first-order chi connectivity index (χ1) is 11.0. The summed E-state index contributed by atoms with van der Waals surface area (Å²) in [6.45, 7) is 10.1. The molecule has 0 fully saturated rings. The number of anilines is 1. The molecule has 0 saturated carbocycles. The molecule has 4 nitrogen and oxygen atoms in total. The molecule has 1 aromatic rings. The first-order valence-corrected chi connectivity index (χ1v) is 8.22. The fourth-order valence-corrected chi connectivity index (χ4v) is 2.28. The molecule has 0 spiro atoms. The number of alkyl carbamates (subject to hydrolysis) is 1. The first kappa shape index (κ1) is 20.5. The summed E-state index contributed by atoms with van der Waals surface area (Å²) in [5, 5.41) is 5.59. The molecule has 0 bridgehead atoms. The fourth-order valence-electron chi connectivity index (χ4n) is 2.02.